The van der Waals surface area contributed by atoms with Crippen molar-refractivity contribution in [2.45, 2.75) is 70.9 Å². The second-order valence-electron chi connectivity index (χ2n) is 5.48. The largest absolute Gasteiger partial charge is 0.389 e. The van der Waals surface area contributed by atoms with Crippen molar-refractivity contribution >= 4 is 5.91 Å². The van der Waals surface area contributed by atoms with E-state index < -0.39 is 6.10 Å². The van der Waals surface area contributed by atoms with E-state index in [1.165, 1.54) is 12.8 Å². The molecule has 1 aliphatic heterocycles. The summed E-state index contributed by atoms with van der Waals surface area (Å²) in [6.45, 7) is 4.83. The Morgan fingerprint density at radius 1 is 1.40 bits per heavy atom. The number of likely N-dealkylation sites (tertiary alicyclic amines) is 1. The smallest absolute Gasteiger partial charge is 0.223 e. The number of amides is 1. The topological polar surface area (TPSA) is 40.5 Å². The summed E-state index contributed by atoms with van der Waals surface area (Å²) in [6.07, 6.45) is 14.5. The summed E-state index contributed by atoms with van der Waals surface area (Å²) in [7, 11) is 0. The molecule has 0 radical (unpaired) electrons. The number of carbonyl (C=O) groups is 1. The van der Waals surface area contributed by atoms with Gasteiger partial charge < -0.3 is 10.0 Å². The molecule has 3 nitrogen and oxygen atoms in total. The number of carbonyl (C=O) groups excluding carboxylic acids is 1. The highest BCUT2D eigenvalue weighted by molar-refractivity contribution is 5.77. The van der Waals surface area contributed by atoms with Crippen LogP contribution in [-0.4, -0.2) is 34.6 Å². The van der Waals surface area contributed by atoms with E-state index in [-0.39, 0.29) is 11.9 Å². The predicted molar refractivity (Wildman–Crippen MR) is 83.5 cm³/mol. The van der Waals surface area contributed by atoms with Crippen LogP contribution in [0.25, 0.3) is 0 Å². The molecule has 0 aliphatic carbocycles. The fourth-order valence-corrected chi connectivity index (χ4v) is 2.40. The number of hydrogen-bond donors (Lipinski definition) is 1. The third kappa shape index (κ3) is 5.91. The van der Waals surface area contributed by atoms with E-state index in [2.05, 4.69) is 19.1 Å². The fourth-order valence-electron chi connectivity index (χ4n) is 2.40. The van der Waals surface area contributed by atoms with E-state index in [0.29, 0.717) is 19.4 Å². The Labute approximate surface area is 123 Å². The Balaban J connectivity index is 2.54. The van der Waals surface area contributed by atoms with E-state index in [0.717, 1.165) is 19.3 Å². The lowest BCUT2D eigenvalue weighted by atomic mass is 10.00. The number of rotatable bonds is 8. The van der Waals surface area contributed by atoms with Gasteiger partial charge in [0.05, 0.1) is 12.1 Å². The Morgan fingerprint density at radius 3 is 2.90 bits per heavy atom. The molecule has 0 saturated carbocycles. The number of allylic oxidation sites excluding steroid dienone is 1. The maximum atomic E-state index is 12.0. The molecule has 2 atom stereocenters. The first-order valence-corrected chi connectivity index (χ1v) is 7.99. The third-order valence-electron chi connectivity index (χ3n) is 3.78. The zero-order chi connectivity index (χ0) is 14.8. The number of unbranched alkanes of at least 4 members (excludes halogenated alkanes) is 2. The van der Waals surface area contributed by atoms with Crippen molar-refractivity contribution in [1.29, 1.82) is 0 Å². The number of aliphatic hydroxyl groups excluding tert-OH is 1. The minimum atomic E-state index is -0.394. The summed E-state index contributed by atoms with van der Waals surface area (Å²) in [4.78, 5) is 14.0. The number of aliphatic hydroxyl groups is 1. The van der Waals surface area contributed by atoms with E-state index in [1.54, 1.807) is 0 Å². The van der Waals surface area contributed by atoms with Crippen LogP contribution in [0, 0.1) is 0 Å². The molecule has 1 N–H and O–H groups in total. The molecule has 1 rings (SSSR count). The molecule has 20 heavy (non-hydrogen) atoms. The Kier molecular flexibility index (Phi) is 8.28. The van der Waals surface area contributed by atoms with Crippen molar-refractivity contribution in [3.63, 3.8) is 0 Å². The van der Waals surface area contributed by atoms with Gasteiger partial charge in [-0.1, -0.05) is 51.0 Å². The fraction of sp³-hybridized carbons (Fsp3) is 0.706. The quantitative estimate of drug-likeness (QED) is 0.546. The van der Waals surface area contributed by atoms with E-state index in [4.69, 9.17) is 0 Å². The predicted octanol–water partition coefficient (Wildman–Crippen LogP) is 3.44. The van der Waals surface area contributed by atoms with Gasteiger partial charge in [-0.15, -0.1) is 0 Å². The van der Waals surface area contributed by atoms with Crippen molar-refractivity contribution in [2.75, 3.05) is 6.54 Å². The molecule has 0 aromatic heterocycles. The second kappa shape index (κ2) is 9.76. The maximum absolute atomic E-state index is 12.0. The van der Waals surface area contributed by atoms with Gasteiger partial charge in [0.15, 0.2) is 0 Å². The van der Waals surface area contributed by atoms with Crippen LogP contribution in [-0.2, 0) is 4.79 Å². The van der Waals surface area contributed by atoms with Gasteiger partial charge in [-0.25, -0.2) is 0 Å². The lowest BCUT2D eigenvalue weighted by Gasteiger charge is -2.33. The van der Waals surface area contributed by atoms with Gasteiger partial charge in [0.2, 0.25) is 5.91 Å². The van der Waals surface area contributed by atoms with Gasteiger partial charge in [0.25, 0.3) is 0 Å². The van der Waals surface area contributed by atoms with Crippen LogP contribution in [0.2, 0.25) is 0 Å². The van der Waals surface area contributed by atoms with Crippen LogP contribution >= 0.6 is 0 Å². The molecule has 1 saturated heterocycles. The number of nitrogens with zero attached hydrogens (tertiary/aromatic N) is 1. The van der Waals surface area contributed by atoms with Crippen LogP contribution in [0.15, 0.2) is 24.3 Å². The van der Waals surface area contributed by atoms with E-state index in [9.17, 15) is 9.90 Å². The minimum absolute atomic E-state index is 0.147. The van der Waals surface area contributed by atoms with Crippen molar-refractivity contribution < 1.29 is 9.90 Å². The van der Waals surface area contributed by atoms with Gasteiger partial charge in [-0.3, -0.25) is 4.79 Å². The molecule has 1 heterocycles. The molecule has 0 aromatic carbocycles. The monoisotopic (exact) mass is 279 g/mol. The van der Waals surface area contributed by atoms with Crippen LogP contribution in [0.4, 0.5) is 0 Å². The maximum Gasteiger partial charge on any atom is 0.223 e. The third-order valence-corrected chi connectivity index (χ3v) is 3.78. The summed E-state index contributed by atoms with van der Waals surface area (Å²) in [5.41, 5.74) is 0. The van der Waals surface area contributed by atoms with E-state index >= 15 is 0 Å². The molecule has 1 aliphatic rings. The van der Waals surface area contributed by atoms with Crippen LogP contribution < -0.4 is 0 Å². The molecule has 0 aromatic rings. The van der Waals surface area contributed by atoms with Gasteiger partial charge >= 0.3 is 0 Å². The molecule has 114 valence electrons. The van der Waals surface area contributed by atoms with Crippen LogP contribution in [0.5, 0.6) is 0 Å². The first-order chi connectivity index (χ1) is 9.69. The molecule has 0 spiro atoms. The molecule has 0 bridgehead atoms. The zero-order valence-electron chi connectivity index (χ0n) is 12.9. The van der Waals surface area contributed by atoms with Gasteiger partial charge in [0, 0.05) is 13.0 Å². The highest BCUT2D eigenvalue weighted by Crippen LogP contribution is 2.19. The van der Waals surface area contributed by atoms with E-state index in [1.807, 2.05) is 24.0 Å². The lowest BCUT2D eigenvalue weighted by Crippen LogP contribution is -2.42. The molecule has 3 heteroatoms. The summed E-state index contributed by atoms with van der Waals surface area (Å²) >= 11 is 0. The first-order valence-electron chi connectivity index (χ1n) is 7.99. The zero-order valence-corrected chi connectivity index (χ0v) is 12.9. The SMILES string of the molecule is CCCC/C=C\CN1C(=O)CCC[C@@H]1/C=C/C(O)CC. The summed E-state index contributed by atoms with van der Waals surface area (Å²) in [5, 5.41) is 9.61. The van der Waals surface area contributed by atoms with Crippen LogP contribution in [0.3, 0.4) is 0 Å². The lowest BCUT2D eigenvalue weighted by molar-refractivity contribution is -0.134. The number of piperidine rings is 1. The average molecular weight is 279 g/mol. The Hall–Kier alpha value is -1.09. The van der Waals surface area contributed by atoms with Gasteiger partial charge in [0.1, 0.15) is 0 Å². The van der Waals surface area contributed by atoms with Gasteiger partial charge in [-0.2, -0.15) is 0 Å². The summed E-state index contributed by atoms with van der Waals surface area (Å²) in [6, 6.07) is 0.147. The number of hydrogen-bond acceptors (Lipinski definition) is 2. The molecular weight excluding hydrogens is 250 g/mol. The second-order valence-corrected chi connectivity index (χ2v) is 5.48. The van der Waals surface area contributed by atoms with Crippen molar-refractivity contribution in [3.8, 4) is 0 Å². The van der Waals surface area contributed by atoms with Gasteiger partial charge in [-0.05, 0) is 25.7 Å². The molecule has 1 unspecified atom stereocenters. The highest BCUT2D eigenvalue weighted by Gasteiger charge is 2.25. The summed E-state index contributed by atoms with van der Waals surface area (Å²) in [5.74, 6) is 0.233. The molecule has 1 fully saturated rings. The van der Waals surface area contributed by atoms with Crippen molar-refractivity contribution in [3.05, 3.63) is 24.3 Å². The highest BCUT2D eigenvalue weighted by atomic mass is 16.3. The van der Waals surface area contributed by atoms with Crippen molar-refractivity contribution in [1.82, 2.24) is 4.90 Å². The average Bonchev–Trinajstić information content (AvgIpc) is 2.46. The Morgan fingerprint density at radius 2 is 2.20 bits per heavy atom. The summed E-state index contributed by atoms with van der Waals surface area (Å²) < 4.78 is 0. The normalized spacial score (nSPS) is 22.1. The molecule has 1 amide bonds. The first kappa shape index (κ1) is 17.0. The Bertz CT molecular complexity index is 336. The molecular formula is C17H29NO2. The van der Waals surface area contributed by atoms with Crippen molar-refractivity contribution in [2.24, 2.45) is 0 Å². The minimum Gasteiger partial charge on any atom is -0.389 e. The standard InChI is InChI=1S/C17H29NO2/c1-3-5-6-7-8-14-18-15(10-9-11-17(18)20)12-13-16(19)4-2/h7-8,12-13,15-16,19H,3-6,9-11,14H2,1-2H3/b8-7-,13-12+/t15-,16?/m1/s1. The van der Waals surface area contributed by atoms with Crippen LogP contribution in [0.1, 0.15) is 58.8 Å².